The maximum absolute atomic E-state index is 12.8. The van der Waals surface area contributed by atoms with Crippen LogP contribution >= 0.6 is 0 Å². The lowest BCUT2D eigenvalue weighted by Crippen LogP contribution is -2.50. The van der Waals surface area contributed by atoms with Crippen molar-refractivity contribution >= 4 is 12.0 Å². The highest BCUT2D eigenvalue weighted by molar-refractivity contribution is 5.84. The van der Waals surface area contributed by atoms with Gasteiger partial charge in [-0.05, 0) is 38.8 Å². The molecular weight excluding hydrogens is 328 g/mol. The molecule has 1 aliphatic rings. The highest BCUT2D eigenvalue weighted by atomic mass is 16.6. The number of rotatable bonds is 7. The number of oxime groups is 1. The number of aliphatic hydroxyl groups is 1. The van der Waals surface area contributed by atoms with E-state index < -0.39 is 12.1 Å². The minimum atomic E-state index is -0.691. The Morgan fingerprint density at radius 3 is 2.50 bits per heavy atom. The van der Waals surface area contributed by atoms with Gasteiger partial charge in [0.05, 0.1) is 12.1 Å². The van der Waals surface area contributed by atoms with Crippen molar-refractivity contribution in [3.05, 3.63) is 12.7 Å². The minimum absolute atomic E-state index is 0.0573. The zero-order chi connectivity index (χ0) is 19.2. The zero-order valence-corrected chi connectivity index (χ0v) is 16.7. The number of hydrogen-bond donors (Lipinski definition) is 1. The van der Waals surface area contributed by atoms with Gasteiger partial charge in [0.1, 0.15) is 6.61 Å². The molecule has 1 heterocycles. The molecule has 0 aromatic rings. The summed E-state index contributed by atoms with van der Waals surface area (Å²) < 4.78 is 0. The van der Waals surface area contributed by atoms with Gasteiger partial charge in [0.2, 0.25) is 0 Å². The molecule has 1 aliphatic heterocycles. The molecular formula is C21H38N2O3. The first kappa shape index (κ1) is 22.8. The molecule has 26 heavy (non-hydrogen) atoms. The number of ketones is 1. The lowest BCUT2D eigenvalue weighted by atomic mass is 9.90. The molecule has 1 fully saturated rings. The van der Waals surface area contributed by atoms with Crippen LogP contribution in [0.25, 0.3) is 0 Å². The normalized spacial score (nSPS) is 24.3. The van der Waals surface area contributed by atoms with Gasteiger partial charge in [0.15, 0.2) is 5.78 Å². The van der Waals surface area contributed by atoms with Gasteiger partial charge >= 0.3 is 0 Å². The van der Waals surface area contributed by atoms with Crippen molar-refractivity contribution in [1.29, 1.82) is 0 Å². The van der Waals surface area contributed by atoms with E-state index in [9.17, 15) is 9.90 Å². The molecule has 1 saturated heterocycles. The average molecular weight is 367 g/mol. The first-order valence-electron chi connectivity index (χ1n) is 10.2. The van der Waals surface area contributed by atoms with Crippen molar-refractivity contribution < 1.29 is 14.7 Å². The highest BCUT2D eigenvalue weighted by Crippen LogP contribution is 2.20. The van der Waals surface area contributed by atoms with Crippen molar-refractivity contribution in [2.24, 2.45) is 11.1 Å². The van der Waals surface area contributed by atoms with Crippen LogP contribution < -0.4 is 0 Å². The summed E-state index contributed by atoms with van der Waals surface area (Å²) in [5.74, 6) is 0.115. The molecule has 1 N–H and O–H groups in total. The Kier molecular flexibility index (Phi) is 12.2. The van der Waals surface area contributed by atoms with E-state index in [2.05, 4.69) is 16.6 Å². The van der Waals surface area contributed by atoms with E-state index in [1.54, 1.807) is 12.3 Å². The molecule has 1 unspecified atom stereocenters. The van der Waals surface area contributed by atoms with Gasteiger partial charge < -0.3 is 9.94 Å². The summed E-state index contributed by atoms with van der Waals surface area (Å²) in [6, 6.07) is -0.423. The fraction of sp³-hybridized carbons (Fsp3) is 0.810. The number of carbonyl (C=O) groups excluding carboxylic acids is 1. The molecule has 0 amide bonds. The third-order valence-corrected chi connectivity index (χ3v) is 5.21. The van der Waals surface area contributed by atoms with Crippen LogP contribution in [0.2, 0.25) is 0 Å². The molecule has 150 valence electrons. The lowest BCUT2D eigenvalue weighted by Gasteiger charge is -2.33. The Balaban J connectivity index is 2.67. The first-order chi connectivity index (χ1) is 12.6. The molecule has 0 bridgehead atoms. The second-order valence-electron chi connectivity index (χ2n) is 7.55. The van der Waals surface area contributed by atoms with Gasteiger partial charge in [-0.15, -0.1) is 0 Å². The molecule has 0 radical (unpaired) electrons. The number of nitrogens with zero attached hydrogens (tertiary/aromatic N) is 2. The van der Waals surface area contributed by atoms with E-state index in [4.69, 9.17) is 4.84 Å². The largest absolute Gasteiger partial charge is 0.392 e. The Morgan fingerprint density at radius 1 is 1.23 bits per heavy atom. The standard InChI is InChI=1S/C21H38N2O3/c1-4-17-26-22-15-14-18(2)21(25)20-19(24)13-11-9-7-5-6-8-10-12-16-23(20)3/h4,15,18,20-21,25H,1,5-14,16-17H2,2-3H3/b22-15+/t18-,20-,21?/m1/s1. The zero-order valence-electron chi connectivity index (χ0n) is 16.7. The maximum Gasteiger partial charge on any atom is 0.152 e. The molecule has 1 rings (SSSR count). The fourth-order valence-corrected chi connectivity index (χ4v) is 3.51. The van der Waals surface area contributed by atoms with E-state index in [0.717, 1.165) is 25.8 Å². The van der Waals surface area contributed by atoms with Crippen molar-refractivity contribution in [2.45, 2.75) is 83.3 Å². The fourth-order valence-electron chi connectivity index (χ4n) is 3.51. The summed E-state index contributed by atoms with van der Waals surface area (Å²) in [5, 5.41) is 14.7. The third-order valence-electron chi connectivity index (χ3n) is 5.21. The predicted octanol–water partition coefficient (Wildman–Crippen LogP) is 3.96. The third kappa shape index (κ3) is 8.95. The predicted molar refractivity (Wildman–Crippen MR) is 107 cm³/mol. The van der Waals surface area contributed by atoms with E-state index in [1.807, 2.05) is 14.0 Å². The molecule has 5 heteroatoms. The summed E-state index contributed by atoms with van der Waals surface area (Å²) in [4.78, 5) is 19.9. The Labute approximate surface area is 159 Å². The van der Waals surface area contributed by atoms with Crippen LogP contribution in [0.3, 0.4) is 0 Å². The van der Waals surface area contributed by atoms with Crippen LogP contribution in [0.5, 0.6) is 0 Å². The second-order valence-corrected chi connectivity index (χ2v) is 7.55. The minimum Gasteiger partial charge on any atom is -0.392 e. The van der Waals surface area contributed by atoms with Crippen LogP contribution in [-0.4, -0.2) is 54.3 Å². The smallest absolute Gasteiger partial charge is 0.152 e. The van der Waals surface area contributed by atoms with Crippen LogP contribution in [0, 0.1) is 5.92 Å². The van der Waals surface area contributed by atoms with E-state index in [1.165, 1.54) is 32.1 Å². The van der Waals surface area contributed by atoms with Gasteiger partial charge in [0, 0.05) is 12.6 Å². The molecule has 5 nitrogen and oxygen atoms in total. The highest BCUT2D eigenvalue weighted by Gasteiger charge is 2.33. The van der Waals surface area contributed by atoms with Crippen LogP contribution in [-0.2, 0) is 9.63 Å². The number of aliphatic hydroxyl groups excluding tert-OH is 1. The number of Topliss-reactive ketones (excluding diaryl/α,β-unsaturated/α-hetero) is 1. The molecule has 0 saturated carbocycles. The van der Waals surface area contributed by atoms with Crippen molar-refractivity contribution in [3.8, 4) is 0 Å². The topological polar surface area (TPSA) is 62.1 Å². The van der Waals surface area contributed by atoms with Crippen molar-refractivity contribution in [2.75, 3.05) is 20.2 Å². The summed E-state index contributed by atoms with van der Waals surface area (Å²) in [6.45, 7) is 6.76. The van der Waals surface area contributed by atoms with Gasteiger partial charge in [0.25, 0.3) is 0 Å². The SMILES string of the molecule is C=CCO/N=C/C[C@@H](C)C(O)[C@H]1C(=O)CCCCCCCCCCN1C. The van der Waals surface area contributed by atoms with Gasteiger partial charge in [-0.3, -0.25) is 9.69 Å². The summed E-state index contributed by atoms with van der Waals surface area (Å²) in [7, 11) is 1.97. The maximum atomic E-state index is 12.8. The van der Waals surface area contributed by atoms with E-state index in [0.29, 0.717) is 19.4 Å². The van der Waals surface area contributed by atoms with Crippen LogP contribution in [0.4, 0.5) is 0 Å². The quantitative estimate of drug-likeness (QED) is 0.321. The van der Waals surface area contributed by atoms with Gasteiger partial charge in [-0.2, -0.15) is 0 Å². The first-order valence-corrected chi connectivity index (χ1v) is 10.2. The number of likely N-dealkylation sites (N-methyl/N-ethyl adjacent to an activating group) is 1. The molecule has 0 aliphatic carbocycles. The number of hydrogen-bond acceptors (Lipinski definition) is 5. The van der Waals surface area contributed by atoms with Gasteiger partial charge in [-0.1, -0.05) is 63.3 Å². The summed E-state index contributed by atoms with van der Waals surface area (Å²) in [5.41, 5.74) is 0. The van der Waals surface area contributed by atoms with E-state index >= 15 is 0 Å². The second kappa shape index (κ2) is 13.9. The Hall–Kier alpha value is -1.20. The molecule has 0 aromatic heterocycles. The number of carbonyl (C=O) groups is 1. The van der Waals surface area contributed by atoms with Gasteiger partial charge in [-0.25, -0.2) is 0 Å². The van der Waals surface area contributed by atoms with Crippen LogP contribution in [0.1, 0.15) is 71.1 Å². The van der Waals surface area contributed by atoms with E-state index in [-0.39, 0.29) is 11.7 Å². The molecule has 0 spiro atoms. The average Bonchev–Trinajstić information content (AvgIpc) is 2.63. The summed E-state index contributed by atoms with van der Waals surface area (Å²) >= 11 is 0. The molecule has 3 atom stereocenters. The van der Waals surface area contributed by atoms with Crippen molar-refractivity contribution in [3.63, 3.8) is 0 Å². The molecule has 0 aromatic carbocycles. The summed E-state index contributed by atoms with van der Waals surface area (Å²) in [6.07, 6.45) is 13.1. The lowest BCUT2D eigenvalue weighted by molar-refractivity contribution is -0.129. The Bertz CT molecular complexity index is 425. The van der Waals surface area contributed by atoms with Crippen molar-refractivity contribution in [1.82, 2.24) is 4.90 Å². The van der Waals surface area contributed by atoms with Crippen LogP contribution in [0.15, 0.2) is 17.8 Å². The monoisotopic (exact) mass is 366 g/mol. The Morgan fingerprint density at radius 2 is 1.85 bits per heavy atom.